The summed E-state index contributed by atoms with van der Waals surface area (Å²) in [6, 6.07) is 11.1. The molecule has 1 aromatic carbocycles. The van der Waals surface area contributed by atoms with E-state index in [4.69, 9.17) is 4.42 Å². The van der Waals surface area contributed by atoms with Crippen LogP contribution in [0.3, 0.4) is 0 Å². The maximum atomic E-state index is 5.66. The SMILES string of the molecule is CCNC(=NCc1nc(C)c(C)o1)NCC(c1ccccc1)N1CCC(C)CC1. The Morgan fingerprint density at radius 1 is 1.21 bits per heavy atom. The zero-order valence-corrected chi connectivity index (χ0v) is 18.2. The van der Waals surface area contributed by atoms with Gasteiger partial charge in [-0.3, -0.25) is 4.90 Å². The van der Waals surface area contributed by atoms with Crippen molar-refractivity contribution < 1.29 is 4.42 Å². The Bertz CT molecular complexity index is 758. The summed E-state index contributed by atoms with van der Waals surface area (Å²) in [5.74, 6) is 3.13. The lowest BCUT2D eigenvalue weighted by Gasteiger charge is -2.37. The highest BCUT2D eigenvalue weighted by Gasteiger charge is 2.24. The van der Waals surface area contributed by atoms with Crippen LogP contribution in [-0.2, 0) is 6.54 Å². The van der Waals surface area contributed by atoms with Crippen molar-refractivity contribution in [1.82, 2.24) is 20.5 Å². The van der Waals surface area contributed by atoms with E-state index in [2.05, 4.69) is 69.7 Å². The van der Waals surface area contributed by atoms with Gasteiger partial charge in [-0.25, -0.2) is 9.98 Å². The van der Waals surface area contributed by atoms with Gasteiger partial charge < -0.3 is 15.1 Å². The molecule has 2 aromatic rings. The van der Waals surface area contributed by atoms with E-state index in [1.165, 1.54) is 18.4 Å². The fourth-order valence-corrected chi connectivity index (χ4v) is 3.76. The second-order valence-corrected chi connectivity index (χ2v) is 7.97. The van der Waals surface area contributed by atoms with Gasteiger partial charge in [0.25, 0.3) is 0 Å². The lowest BCUT2D eigenvalue weighted by molar-refractivity contribution is 0.138. The zero-order valence-electron chi connectivity index (χ0n) is 18.2. The minimum absolute atomic E-state index is 0.332. The molecular weight excluding hydrogens is 362 g/mol. The van der Waals surface area contributed by atoms with E-state index in [1.54, 1.807) is 0 Å². The zero-order chi connectivity index (χ0) is 20.6. The first kappa shape index (κ1) is 21.4. The largest absolute Gasteiger partial charge is 0.444 e. The average molecular weight is 398 g/mol. The molecule has 2 heterocycles. The number of benzene rings is 1. The molecule has 1 saturated heterocycles. The van der Waals surface area contributed by atoms with E-state index in [9.17, 15) is 0 Å². The molecule has 1 aliphatic heterocycles. The second-order valence-electron chi connectivity index (χ2n) is 7.97. The summed E-state index contributed by atoms with van der Waals surface area (Å²) >= 11 is 0. The topological polar surface area (TPSA) is 65.7 Å². The highest BCUT2D eigenvalue weighted by atomic mass is 16.4. The van der Waals surface area contributed by atoms with E-state index in [0.717, 1.165) is 49.5 Å². The van der Waals surface area contributed by atoms with Crippen LogP contribution in [0.25, 0.3) is 0 Å². The van der Waals surface area contributed by atoms with E-state index >= 15 is 0 Å². The molecule has 1 aliphatic rings. The summed E-state index contributed by atoms with van der Waals surface area (Å²) in [6.45, 7) is 12.7. The van der Waals surface area contributed by atoms with Crippen molar-refractivity contribution in [3.8, 4) is 0 Å². The molecule has 6 heteroatoms. The normalized spacial score (nSPS) is 17.3. The molecule has 0 aliphatic carbocycles. The van der Waals surface area contributed by atoms with Crippen molar-refractivity contribution in [2.24, 2.45) is 10.9 Å². The standard InChI is InChI=1S/C23H35N5O/c1-5-24-23(26-16-22-27-18(3)19(4)29-22)25-15-21(20-9-7-6-8-10-20)28-13-11-17(2)12-14-28/h6-10,17,21H,5,11-16H2,1-4H3,(H2,24,25,26). The number of piperidine rings is 1. The minimum Gasteiger partial charge on any atom is -0.444 e. The molecule has 1 aromatic heterocycles. The Balaban J connectivity index is 1.68. The molecule has 1 atom stereocenters. The average Bonchev–Trinajstić information content (AvgIpc) is 3.05. The van der Waals surface area contributed by atoms with Gasteiger partial charge in [0.1, 0.15) is 12.3 Å². The number of hydrogen-bond acceptors (Lipinski definition) is 4. The molecule has 158 valence electrons. The Morgan fingerprint density at radius 2 is 1.93 bits per heavy atom. The lowest BCUT2D eigenvalue weighted by atomic mass is 9.95. The second kappa shape index (κ2) is 10.4. The quantitative estimate of drug-likeness (QED) is 0.549. The lowest BCUT2D eigenvalue weighted by Crippen LogP contribution is -2.45. The minimum atomic E-state index is 0.332. The van der Waals surface area contributed by atoms with Crippen LogP contribution in [0.15, 0.2) is 39.7 Å². The van der Waals surface area contributed by atoms with Crippen molar-refractivity contribution >= 4 is 5.96 Å². The van der Waals surface area contributed by atoms with E-state index < -0.39 is 0 Å². The summed E-state index contributed by atoms with van der Waals surface area (Å²) in [7, 11) is 0. The Labute approximate surface area is 174 Å². The number of oxazole rings is 1. The van der Waals surface area contributed by atoms with Crippen molar-refractivity contribution in [2.75, 3.05) is 26.2 Å². The van der Waals surface area contributed by atoms with Crippen LogP contribution in [-0.4, -0.2) is 42.0 Å². The number of nitrogens with one attached hydrogen (secondary N) is 2. The van der Waals surface area contributed by atoms with Gasteiger partial charge in [0.05, 0.1) is 11.7 Å². The Morgan fingerprint density at radius 3 is 2.55 bits per heavy atom. The molecule has 6 nitrogen and oxygen atoms in total. The number of nitrogens with zero attached hydrogens (tertiary/aromatic N) is 3. The van der Waals surface area contributed by atoms with E-state index in [-0.39, 0.29) is 0 Å². The first-order valence-electron chi connectivity index (χ1n) is 10.8. The fraction of sp³-hybridized carbons (Fsp3) is 0.565. The number of aryl methyl sites for hydroxylation is 2. The number of hydrogen-bond donors (Lipinski definition) is 2. The Kier molecular flexibility index (Phi) is 7.69. The van der Waals surface area contributed by atoms with Gasteiger partial charge in [-0.05, 0) is 58.2 Å². The van der Waals surface area contributed by atoms with Crippen LogP contribution in [0, 0.1) is 19.8 Å². The third-order valence-corrected chi connectivity index (χ3v) is 5.70. The maximum absolute atomic E-state index is 5.66. The van der Waals surface area contributed by atoms with Crippen LogP contribution >= 0.6 is 0 Å². The van der Waals surface area contributed by atoms with Gasteiger partial charge >= 0.3 is 0 Å². The van der Waals surface area contributed by atoms with Crippen LogP contribution in [0.2, 0.25) is 0 Å². The van der Waals surface area contributed by atoms with Gasteiger partial charge in [-0.15, -0.1) is 0 Å². The first-order valence-corrected chi connectivity index (χ1v) is 10.8. The molecule has 0 spiro atoms. The van der Waals surface area contributed by atoms with E-state index in [0.29, 0.717) is 18.5 Å². The van der Waals surface area contributed by atoms with Gasteiger partial charge in [-0.2, -0.15) is 0 Å². The van der Waals surface area contributed by atoms with Crippen molar-refractivity contribution in [3.63, 3.8) is 0 Å². The van der Waals surface area contributed by atoms with Crippen LogP contribution < -0.4 is 10.6 Å². The number of rotatable bonds is 7. The molecule has 1 unspecified atom stereocenters. The summed E-state index contributed by atoms with van der Waals surface area (Å²) in [6.07, 6.45) is 2.53. The van der Waals surface area contributed by atoms with Crippen molar-refractivity contribution in [3.05, 3.63) is 53.2 Å². The molecule has 0 amide bonds. The number of aliphatic imine (C=N–C) groups is 1. The summed E-state index contributed by atoms with van der Waals surface area (Å²) in [5, 5.41) is 6.89. The highest BCUT2D eigenvalue weighted by molar-refractivity contribution is 5.79. The van der Waals surface area contributed by atoms with Gasteiger partial charge in [0.2, 0.25) is 5.89 Å². The monoisotopic (exact) mass is 397 g/mol. The smallest absolute Gasteiger partial charge is 0.216 e. The van der Waals surface area contributed by atoms with Gasteiger partial charge in [-0.1, -0.05) is 37.3 Å². The number of guanidine groups is 1. The predicted molar refractivity (Wildman–Crippen MR) is 118 cm³/mol. The van der Waals surface area contributed by atoms with Gasteiger partial charge in [0.15, 0.2) is 5.96 Å². The molecule has 3 rings (SSSR count). The molecule has 0 saturated carbocycles. The third kappa shape index (κ3) is 6.07. The molecule has 0 radical (unpaired) electrons. The summed E-state index contributed by atoms with van der Waals surface area (Å²) in [5.41, 5.74) is 2.28. The molecule has 29 heavy (non-hydrogen) atoms. The van der Waals surface area contributed by atoms with Crippen LogP contribution in [0.1, 0.15) is 55.6 Å². The van der Waals surface area contributed by atoms with Crippen LogP contribution in [0.4, 0.5) is 0 Å². The molecular formula is C23H35N5O. The van der Waals surface area contributed by atoms with Gasteiger partial charge in [0, 0.05) is 13.1 Å². The van der Waals surface area contributed by atoms with E-state index in [1.807, 2.05) is 13.8 Å². The van der Waals surface area contributed by atoms with Crippen molar-refractivity contribution in [2.45, 2.75) is 53.1 Å². The summed E-state index contributed by atoms with van der Waals surface area (Å²) in [4.78, 5) is 11.7. The van der Waals surface area contributed by atoms with Crippen molar-refractivity contribution in [1.29, 1.82) is 0 Å². The third-order valence-electron chi connectivity index (χ3n) is 5.70. The molecule has 1 fully saturated rings. The Hall–Kier alpha value is -2.34. The number of aromatic nitrogens is 1. The maximum Gasteiger partial charge on any atom is 0.216 e. The number of likely N-dealkylation sites (tertiary alicyclic amines) is 1. The summed E-state index contributed by atoms with van der Waals surface area (Å²) < 4.78 is 5.66. The first-order chi connectivity index (χ1) is 14.1. The molecule has 0 bridgehead atoms. The fourth-order valence-electron chi connectivity index (χ4n) is 3.76. The molecule has 2 N–H and O–H groups in total. The predicted octanol–water partition coefficient (Wildman–Crippen LogP) is 3.82. The van der Waals surface area contributed by atoms with Crippen LogP contribution in [0.5, 0.6) is 0 Å². The highest BCUT2D eigenvalue weighted by Crippen LogP contribution is 2.26.